The topological polar surface area (TPSA) is 105 Å². The number of rotatable bonds is 5. The van der Waals surface area contributed by atoms with Crippen molar-refractivity contribution in [1.82, 2.24) is 14.4 Å². The van der Waals surface area contributed by atoms with E-state index in [1.54, 1.807) is 31.2 Å². The number of anilines is 1. The Balaban J connectivity index is 1.44. The summed E-state index contributed by atoms with van der Waals surface area (Å²) in [5.41, 5.74) is 1.11. The van der Waals surface area contributed by atoms with Crippen LogP contribution < -0.4 is 5.32 Å². The lowest BCUT2D eigenvalue weighted by molar-refractivity contribution is -0.120. The van der Waals surface area contributed by atoms with E-state index < -0.39 is 32.5 Å². The Labute approximate surface area is 183 Å². The third kappa shape index (κ3) is 4.39. The van der Waals surface area contributed by atoms with Gasteiger partial charge >= 0.3 is 0 Å². The van der Waals surface area contributed by atoms with Crippen LogP contribution in [-0.4, -0.2) is 41.9 Å². The summed E-state index contributed by atoms with van der Waals surface area (Å²) >= 11 is 0. The van der Waals surface area contributed by atoms with Gasteiger partial charge in [-0.1, -0.05) is 17.3 Å². The number of hydrogen-bond donors (Lipinski definition) is 1. The van der Waals surface area contributed by atoms with Crippen LogP contribution in [0.2, 0.25) is 0 Å². The summed E-state index contributed by atoms with van der Waals surface area (Å²) < 4.78 is 59.0. The molecule has 1 fully saturated rings. The van der Waals surface area contributed by atoms with Gasteiger partial charge in [-0.15, -0.1) is 0 Å². The fourth-order valence-electron chi connectivity index (χ4n) is 3.60. The molecule has 32 heavy (non-hydrogen) atoms. The Kier molecular flexibility index (Phi) is 6.02. The highest BCUT2D eigenvalue weighted by molar-refractivity contribution is 7.89. The summed E-state index contributed by atoms with van der Waals surface area (Å²) in [6.45, 7) is 1.69. The molecule has 0 radical (unpaired) electrons. The van der Waals surface area contributed by atoms with Gasteiger partial charge < -0.3 is 9.84 Å². The van der Waals surface area contributed by atoms with E-state index in [-0.39, 0.29) is 31.8 Å². The summed E-state index contributed by atoms with van der Waals surface area (Å²) in [7, 11) is -4.20. The van der Waals surface area contributed by atoms with Crippen LogP contribution in [0.5, 0.6) is 0 Å². The van der Waals surface area contributed by atoms with E-state index in [0.717, 1.165) is 16.4 Å². The van der Waals surface area contributed by atoms with E-state index in [4.69, 9.17) is 4.52 Å². The zero-order valence-corrected chi connectivity index (χ0v) is 17.9. The molecule has 0 bridgehead atoms. The van der Waals surface area contributed by atoms with Crippen LogP contribution in [0.15, 0.2) is 51.9 Å². The SMILES string of the molecule is Cc1nc(-c2ccccc2NC(=O)C2CCN(S(=O)(=O)c3cc(F)ccc3F)CC2)no1. The van der Waals surface area contributed by atoms with Gasteiger partial charge in [0.2, 0.25) is 27.6 Å². The van der Waals surface area contributed by atoms with Crippen molar-refractivity contribution in [2.45, 2.75) is 24.7 Å². The molecule has 0 spiro atoms. The van der Waals surface area contributed by atoms with Crippen molar-refractivity contribution in [3.63, 3.8) is 0 Å². The van der Waals surface area contributed by atoms with Crippen LogP contribution >= 0.6 is 0 Å². The maximum Gasteiger partial charge on any atom is 0.246 e. The molecule has 2 heterocycles. The van der Waals surface area contributed by atoms with Crippen LogP contribution in [0, 0.1) is 24.5 Å². The molecule has 1 amide bonds. The number of aromatic nitrogens is 2. The second kappa shape index (κ2) is 8.75. The molecule has 1 aromatic heterocycles. The van der Waals surface area contributed by atoms with Gasteiger partial charge in [0, 0.05) is 31.5 Å². The summed E-state index contributed by atoms with van der Waals surface area (Å²) in [4.78, 5) is 16.3. The molecular formula is C21H20F2N4O4S. The van der Waals surface area contributed by atoms with Gasteiger partial charge in [-0.25, -0.2) is 17.2 Å². The quantitative estimate of drug-likeness (QED) is 0.623. The lowest BCUT2D eigenvalue weighted by atomic mass is 9.97. The third-order valence-electron chi connectivity index (χ3n) is 5.29. The maximum absolute atomic E-state index is 14.0. The Morgan fingerprint density at radius 1 is 1.16 bits per heavy atom. The lowest BCUT2D eigenvalue weighted by Gasteiger charge is -2.30. The zero-order valence-electron chi connectivity index (χ0n) is 17.1. The molecule has 0 atom stereocenters. The van der Waals surface area contributed by atoms with Crippen molar-refractivity contribution in [3.8, 4) is 11.4 Å². The zero-order chi connectivity index (χ0) is 22.9. The lowest BCUT2D eigenvalue weighted by Crippen LogP contribution is -2.41. The number of nitrogens with one attached hydrogen (secondary N) is 1. The molecule has 1 aliphatic heterocycles. The van der Waals surface area contributed by atoms with Crippen molar-refractivity contribution >= 4 is 21.6 Å². The maximum atomic E-state index is 14.0. The fourth-order valence-corrected chi connectivity index (χ4v) is 5.15. The number of aryl methyl sites for hydroxylation is 1. The Hall–Kier alpha value is -3.18. The van der Waals surface area contributed by atoms with Gasteiger partial charge in [0.15, 0.2) is 0 Å². The van der Waals surface area contributed by atoms with Crippen LogP contribution in [-0.2, 0) is 14.8 Å². The predicted molar refractivity (Wildman–Crippen MR) is 111 cm³/mol. The van der Waals surface area contributed by atoms with Crippen molar-refractivity contribution in [3.05, 3.63) is 60.0 Å². The van der Waals surface area contributed by atoms with Gasteiger partial charge in [-0.05, 0) is 43.2 Å². The van der Waals surface area contributed by atoms with E-state index in [0.29, 0.717) is 29.0 Å². The molecule has 4 rings (SSSR count). The first-order valence-electron chi connectivity index (χ1n) is 9.91. The number of para-hydroxylation sites is 1. The molecule has 0 unspecified atom stereocenters. The molecular weight excluding hydrogens is 442 g/mol. The number of carbonyl (C=O) groups is 1. The van der Waals surface area contributed by atoms with E-state index in [9.17, 15) is 22.0 Å². The third-order valence-corrected chi connectivity index (χ3v) is 7.20. The number of nitrogens with zero attached hydrogens (tertiary/aromatic N) is 3. The van der Waals surface area contributed by atoms with Gasteiger partial charge in [0.05, 0.1) is 5.69 Å². The molecule has 0 aliphatic carbocycles. The van der Waals surface area contributed by atoms with Crippen molar-refractivity contribution in [2.24, 2.45) is 5.92 Å². The average molecular weight is 462 g/mol. The highest BCUT2D eigenvalue weighted by atomic mass is 32.2. The van der Waals surface area contributed by atoms with Gasteiger partial charge in [0.1, 0.15) is 16.5 Å². The number of halogens is 2. The minimum atomic E-state index is -4.20. The Bertz CT molecular complexity index is 1250. The molecule has 1 N–H and O–H groups in total. The monoisotopic (exact) mass is 462 g/mol. The van der Waals surface area contributed by atoms with Crippen LogP contribution in [0.4, 0.5) is 14.5 Å². The molecule has 11 heteroatoms. The van der Waals surface area contributed by atoms with Crippen molar-refractivity contribution in [2.75, 3.05) is 18.4 Å². The fraction of sp³-hybridized carbons (Fsp3) is 0.286. The minimum absolute atomic E-state index is 0.0159. The summed E-state index contributed by atoms with van der Waals surface area (Å²) in [5.74, 6) is -1.83. The molecule has 8 nitrogen and oxygen atoms in total. The van der Waals surface area contributed by atoms with Crippen LogP contribution in [0.1, 0.15) is 18.7 Å². The molecule has 168 valence electrons. The molecule has 1 aliphatic rings. The van der Waals surface area contributed by atoms with E-state index in [2.05, 4.69) is 15.5 Å². The smallest absolute Gasteiger partial charge is 0.246 e. The summed E-state index contributed by atoms with van der Waals surface area (Å²) in [6.07, 6.45) is 0.483. The second-order valence-corrected chi connectivity index (χ2v) is 9.33. The average Bonchev–Trinajstić information content (AvgIpc) is 3.22. The molecule has 0 saturated carbocycles. The predicted octanol–water partition coefficient (Wildman–Crippen LogP) is 3.36. The molecule has 1 saturated heterocycles. The van der Waals surface area contributed by atoms with Crippen LogP contribution in [0.3, 0.4) is 0 Å². The second-order valence-electron chi connectivity index (χ2n) is 7.42. The Morgan fingerprint density at radius 3 is 2.56 bits per heavy atom. The number of carbonyl (C=O) groups excluding carboxylic acids is 1. The highest BCUT2D eigenvalue weighted by Crippen LogP contribution is 2.29. The van der Waals surface area contributed by atoms with E-state index in [1.807, 2.05) is 0 Å². The summed E-state index contributed by atoms with van der Waals surface area (Å²) in [5, 5.41) is 6.73. The Morgan fingerprint density at radius 2 is 1.88 bits per heavy atom. The van der Waals surface area contributed by atoms with Gasteiger partial charge in [-0.3, -0.25) is 4.79 Å². The minimum Gasteiger partial charge on any atom is -0.339 e. The number of hydrogen-bond acceptors (Lipinski definition) is 6. The number of piperidine rings is 1. The van der Waals surface area contributed by atoms with Gasteiger partial charge in [0.25, 0.3) is 0 Å². The molecule has 3 aromatic rings. The first kappa shape index (κ1) is 22.0. The summed E-state index contributed by atoms with van der Waals surface area (Å²) in [6, 6.07) is 9.32. The van der Waals surface area contributed by atoms with Crippen LogP contribution in [0.25, 0.3) is 11.4 Å². The van der Waals surface area contributed by atoms with E-state index >= 15 is 0 Å². The van der Waals surface area contributed by atoms with Crippen molar-refractivity contribution < 1.29 is 26.5 Å². The van der Waals surface area contributed by atoms with Crippen molar-refractivity contribution in [1.29, 1.82) is 0 Å². The number of benzene rings is 2. The highest BCUT2D eigenvalue weighted by Gasteiger charge is 2.34. The van der Waals surface area contributed by atoms with Gasteiger partial charge in [-0.2, -0.15) is 9.29 Å². The first-order chi connectivity index (χ1) is 15.3. The first-order valence-corrected chi connectivity index (χ1v) is 11.4. The number of amides is 1. The normalized spacial score (nSPS) is 15.6. The largest absolute Gasteiger partial charge is 0.339 e. The molecule has 2 aromatic carbocycles. The standard InChI is InChI=1S/C21H20F2N4O4S/c1-13-24-20(26-31-13)16-4-2-3-5-18(16)25-21(28)14-8-10-27(11-9-14)32(29,30)19-12-15(22)6-7-17(19)23/h2-7,12,14H,8-11H2,1H3,(H,25,28). The van der Waals surface area contributed by atoms with E-state index in [1.165, 1.54) is 0 Å². The number of sulfonamides is 1.